The number of benzene rings is 2. The molecule has 0 spiro atoms. The number of carbonyl (C=O) groups is 1. The van der Waals surface area contributed by atoms with Gasteiger partial charge in [-0.2, -0.15) is 18.3 Å². The summed E-state index contributed by atoms with van der Waals surface area (Å²) in [5, 5.41) is 14.5. The fourth-order valence-corrected chi connectivity index (χ4v) is 2.84. The van der Waals surface area contributed by atoms with Crippen LogP contribution in [0.25, 0.3) is 5.76 Å². The molecule has 0 fully saturated rings. The number of esters is 1. The highest BCUT2D eigenvalue weighted by Crippen LogP contribution is 2.32. The second kappa shape index (κ2) is 11.2. The van der Waals surface area contributed by atoms with Crippen LogP contribution in [0.2, 0.25) is 0 Å². The number of rotatable bonds is 9. The van der Waals surface area contributed by atoms with Crippen molar-refractivity contribution in [2.75, 3.05) is 6.61 Å². The van der Waals surface area contributed by atoms with Crippen LogP contribution in [-0.4, -0.2) is 45.3 Å². The molecule has 184 valence electrons. The van der Waals surface area contributed by atoms with Gasteiger partial charge in [0.05, 0.1) is 24.4 Å². The van der Waals surface area contributed by atoms with Crippen LogP contribution in [-0.2, 0) is 16.1 Å². The maximum atomic E-state index is 14.6. The lowest BCUT2D eigenvalue weighted by molar-refractivity contribution is -0.137. The summed E-state index contributed by atoms with van der Waals surface area (Å²) in [5.74, 6) is -9.86. The van der Waals surface area contributed by atoms with E-state index in [-0.39, 0.29) is 12.7 Å². The molecule has 1 N–H and O–H groups in total. The van der Waals surface area contributed by atoms with Crippen LogP contribution in [0, 0.1) is 17.5 Å². The highest BCUT2D eigenvalue weighted by molar-refractivity contribution is 6.15. The molecule has 0 amide bonds. The zero-order chi connectivity index (χ0) is 25.5. The molecular formula is C22H17F5N4O4. The number of alkyl halides is 2. The van der Waals surface area contributed by atoms with Crippen molar-refractivity contribution in [1.29, 1.82) is 0 Å². The summed E-state index contributed by atoms with van der Waals surface area (Å²) in [6, 6.07) is 6.71. The Morgan fingerprint density at radius 3 is 2.51 bits per heavy atom. The van der Waals surface area contributed by atoms with Gasteiger partial charge in [-0.1, -0.05) is 12.1 Å². The van der Waals surface area contributed by atoms with E-state index in [0.29, 0.717) is 12.2 Å². The van der Waals surface area contributed by atoms with Crippen molar-refractivity contribution in [3.05, 3.63) is 77.1 Å². The smallest absolute Gasteiger partial charge is 0.387 e. The number of aliphatic imine (C=N–C) groups is 1. The van der Waals surface area contributed by atoms with Gasteiger partial charge >= 0.3 is 12.6 Å². The third-order valence-corrected chi connectivity index (χ3v) is 4.42. The van der Waals surface area contributed by atoms with Gasteiger partial charge in [0, 0.05) is 6.21 Å². The quantitative estimate of drug-likeness (QED) is 0.116. The van der Waals surface area contributed by atoms with E-state index in [1.807, 2.05) is 0 Å². The minimum absolute atomic E-state index is 0.152. The lowest BCUT2D eigenvalue weighted by atomic mass is 10.1. The maximum absolute atomic E-state index is 14.6. The summed E-state index contributed by atoms with van der Waals surface area (Å²) in [4.78, 5) is 20.2. The number of hydrogen-bond donors (Lipinski definition) is 1. The molecule has 1 aromatic heterocycles. The summed E-state index contributed by atoms with van der Waals surface area (Å²) < 4.78 is 77.4. The SMILES string of the molecule is CCOC(=O)C(C=Nc1ccc(Cn2cncn2)cc1)=C(O)c1cc(F)c(F)c(OC(F)F)c1F. The van der Waals surface area contributed by atoms with Crippen molar-refractivity contribution in [3.63, 3.8) is 0 Å². The summed E-state index contributed by atoms with van der Waals surface area (Å²) >= 11 is 0. The highest BCUT2D eigenvalue weighted by atomic mass is 19.3. The van der Waals surface area contributed by atoms with Crippen LogP contribution >= 0.6 is 0 Å². The molecule has 0 atom stereocenters. The van der Waals surface area contributed by atoms with Crippen LogP contribution in [0.3, 0.4) is 0 Å². The Morgan fingerprint density at radius 2 is 1.91 bits per heavy atom. The zero-order valence-electron chi connectivity index (χ0n) is 18.0. The van der Waals surface area contributed by atoms with Crippen molar-refractivity contribution < 1.29 is 41.3 Å². The number of aliphatic hydroxyl groups is 1. The van der Waals surface area contributed by atoms with Gasteiger partial charge in [0.1, 0.15) is 24.0 Å². The standard InChI is InChI=1S/C22H17F5N4O4/c1-2-34-21(33)15(8-29-13-5-3-12(4-6-13)9-31-11-28-10-30-31)19(32)14-7-16(23)18(25)20(17(14)24)35-22(26)27/h3-8,10-11,22,32H,2,9H2,1H3. The minimum atomic E-state index is -3.68. The Balaban J connectivity index is 1.98. The summed E-state index contributed by atoms with van der Waals surface area (Å²) in [7, 11) is 0. The average molecular weight is 496 g/mol. The Morgan fingerprint density at radius 1 is 1.20 bits per heavy atom. The monoisotopic (exact) mass is 496 g/mol. The number of hydrogen-bond acceptors (Lipinski definition) is 7. The van der Waals surface area contributed by atoms with Gasteiger partial charge in [-0.3, -0.25) is 4.99 Å². The van der Waals surface area contributed by atoms with Gasteiger partial charge in [0.25, 0.3) is 0 Å². The number of carbonyl (C=O) groups excluding carboxylic acids is 1. The Hall–Kier alpha value is -4.29. The Bertz CT molecular complexity index is 1250. The van der Waals surface area contributed by atoms with E-state index in [0.717, 1.165) is 11.8 Å². The molecule has 0 bridgehead atoms. The van der Waals surface area contributed by atoms with Crippen LogP contribution in [0.1, 0.15) is 18.1 Å². The van der Waals surface area contributed by atoms with E-state index in [1.54, 1.807) is 28.9 Å². The van der Waals surface area contributed by atoms with Crippen molar-refractivity contribution in [1.82, 2.24) is 14.8 Å². The van der Waals surface area contributed by atoms with Crippen molar-refractivity contribution in [3.8, 4) is 5.75 Å². The maximum Gasteiger partial charge on any atom is 0.387 e. The van der Waals surface area contributed by atoms with Crippen molar-refractivity contribution in [2.45, 2.75) is 20.1 Å². The first kappa shape index (κ1) is 25.3. The lowest BCUT2D eigenvalue weighted by Gasteiger charge is -2.12. The number of halogens is 5. The predicted octanol–water partition coefficient (Wildman–Crippen LogP) is 4.58. The predicted molar refractivity (Wildman–Crippen MR) is 113 cm³/mol. The molecule has 2 aromatic carbocycles. The third-order valence-electron chi connectivity index (χ3n) is 4.42. The minimum Gasteiger partial charge on any atom is -0.506 e. The van der Waals surface area contributed by atoms with Crippen molar-refractivity contribution >= 4 is 23.6 Å². The number of ether oxygens (including phenoxy) is 2. The zero-order valence-corrected chi connectivity index (χ0v) is 18.0. The van der Waals surface area contributed by atoms with E-state index in [4.69, 9.17) is 4.74 Å². The van der Waals surface area contributed by atoms with Crippen molar-refractivity contribution in [2.24, 2.45) is 4.99 Å². The molecule has 0 aliphatic carbocycles. The summed E-state index contributed by atoms with van der Waals surface area (Å²) in [6.45, 7) is -1.96. The molecule has 0 unspecified atom stereocenters. The Labute approximate surface area is 195 Å². The van der Waals surface area contributed by atoms with E-state index in [2.05, 4.69) is 19.8 Å². The highest BCUT2D eigenvalue weighted by Gasteiger charge is 2.27. The molecule has 0 saturated heterocycles. The first-order valence-corrected chi connectivity index (χ1v) is 9.89. The third kappa shape index (κ3) is 6.19. The van der Waals surface area contributed by atoms with E-state index in [9.17, 15) is 31.9 Å². The fraction of sp³-hybridized carbons (Fsp3) is 0.182. The molecule has 3 aromatic rings. The number of nitrogens with zero attached hydrogens (tertiary/aromatic N) is 4. The number of aliphatic hydroxyl groups excluding tert-OH is 1. The van der Waals surface area contributed by atoms with E-state index < -0.39 is 52.7 Å². The summed E-state index contributed by atoms with van der Waals surface area (Å²) in [6.07, 6.45) is 3.72. The van der Waals surface area contributed by atoms with Gasteiger partial charge in [-0.25, -0.2) is 23.2 Å². The van der Waals surface area contributed by atoms with Gasteiger partial charge in [-0.05, 0) is 30.7 Å². The number of aromatic nitrogens is 3. The Kier molecular flexibility index (Phi) is 8.12. The lowest BCUT2D eigenvalue weighted by Crippen LogP contribution is -2.13. The van der Waals surface area contributed by atoms with Gasteiger partial charge in [-0.15, -0.1) is 0 Å². The van der Waals surface area contributed by atoms with Gasteiger partial charge in [0.15, 0.2) is 11.6 Å². The van der Waals surface area contributed by atoms with Crippen LogP contribution in [0.5, 0.6) is 5.75 Å². The van der Waals surface area contributed by atoms with Crippen LogP contribution in [0.4, 0.5) is 27.6 Å². The topological polar surface area (TPSA) is 98.8 Å². The van der Waals surface area contributed by atoms with Gasteiger partial charge < -0.3 is 14.6 Å². The first-order valence-electron chi connectivity index (χ1n) is 9.89. The molecule has 0 aliphatic rings. The van der Waals surface area contributed by atoms with E-state index in [1.165, 1.54) is 19.6 Å². The molecule has 8 nitrogen and oxygen atoms in total. The first-order chi connectivity index (χ1) is 16.7. The molecule has 35 heavy (non-hydrogen) atoms. The molecular weight excluding hydrogens is 479 g/mol. The molecule has 0 radical (unpaired) electrons. The molecule has 0 aliphatic heterocycles. The molecule has 1 heterocycles. The second-order valence-electron chi connectivity index (χ2n) is 6.74. The molecule has 0 saturated carbocycles. The van der Waals surface area contributed by atoms with E-state index >= 15 is 0 Å². The largest absolute Gasteiger partial charge is 0.506 e. The summed E-state index contributed by atoms with van der Waals surface area (Å²) in [5.41, 5.74) is -0.716. The average Bonchev–Trinajstić information content (AvgIpc) is 3.33. The second-order valence-corrected chi connectivity index (χ2v) is 6.74. The fourth-order valence-electron chi connectivity index (χ4n) is 2.84. The van der Waals surface area contributed by atoms with Gasteiger partial charge in [0.2, 0.25) is 11.6 Å². The van der Waals surface area contributed by atoms with Crippen LogP contribution in [0.15, 0.2) is 53.6 Å². The van der Waals surface area contributed by atoms with Crippen LogP contribution < -0.4 is 4.74 Å². The molecule has 13 heteroatoms. The normalized spacial score (nSPS) is 12.2. The molecule has 3 rings (SSSR count).